The van der Waals surface area contributed by atoms with Crippen LogP contribution in [0, 0.1) is 0 Å². The maximum atomic E-state index is 12.4. The summed E-state index contributed by atoms with van der Waals surface area (Å²) in [4.78, 5) is 12.4. The molecule has 2 aromatic rings. The van der Waals surface area contributed by atoms with E-state index in [4.69, 9.17) is 0 Å². The number of amides is 1. The lowest BCUT2D eigenvalue weighted by atomic mass is 10.1. The molecule has 0 aromatic heterocycles. The summed E-state index contributed by atoms with van der Waals surface area (Å²) in [6.07, 6.45) is 0. The average molecular weight is 357 g/mol. The zero-order valence-electron chi connectivity index (χ0n) is 13.4. The first-order valence-corrected chi connectivity index (χ1v) is 10.3. The number of hydrogen-bond donors (Lipinski definition) is 2. The Balaban J connectivity index is 1.37. The third kappa shape index (κ3) is 3.48. The van der Waals surface area contributed by atoms with Crippen LogP contribution in [0.1, 0.15) is 37.2 Å². The molecule has 3 nitrogen and oxygen atoms in total. The lowest BCUT2D eigenvalue weighted by Gasteiger charge is -2.10. The Morgan fingerprint density at radius 3 is 2.58 bits per heavy atom. The van der Waals surface area contributed by atoms with Gasteiger partial charge in [0.05, 0.1) is 4.58 Å². The summed E-state index contributed by atoms with van der Waals surface area (Å²) in [6.45, 7) is 2.45. The Labute approximate surface area is 151 Å². The molecule has 0 spiro atoms. The molecule has 0 saturated carbocycles. The van der Waals surface area contributed by atoms with Gasteiger partial charge in [0.25, 0.3) is 5.91 Å². The van der Waals surface area contributed by atoms with Crippen LogP contribution in [-0.4, -0.2) is 17.4 Å². The number of carbonyl (C=O) groups is 1. The van der Waals surface area contributed by atoms with Gasteiger partial charge in [0.1, 0.15) is 0 Å². The topological polar surface area (TPSA) is 41.1 Å². The Morgan fingerprint density at radius 1 is 1.04 bits per heavy atom. The van der Waals surface area contributed by atoms with Crippen molar-refractivity contribution < 1.29 is 4.79 Å². The lowest BCUT2D eigenvalue weighted by molar-refractivity contribution is 0.0951. The minimum Gasteiger partial charge on any atom is -0.348 e. The fourth-order valence-corrected chi connectivity index (χ4v) is 5.94. The number of carbonyl (C=O) groups excluding carboxylic acids is 1. The molecule has 24 heavy (non-hydrogen) atoms. The molecule has 2 aliphatic heterocycles. The molecule has 0 atom stereocenters. The maximum absolute atomic E-state index is 12.4. The zero-order valence-corrected chi connectivity index (χ0v) is 15.0. The highest BCUT2D eigenvalue weighted by atomic mass is 32.2. The molecule has 1 amide bonds. The number of thioether (sulfide) groups is 2. The number of fused-ring (bicyclic) bond motifs is 1. The quantitative estimate of drug-likeness (QED) is 0.876. The van der Waals surface area contributed by atoms with Gasteiger partial charge in [0.15, 0.2) is 0 Å². The summed E-state index contributed by atoms with van der Waals surface area (Å²) < 4.78 is 0.530. The summed E-state index contributed by atoms with van der Waals surface area (Å²) in [7, 11) is 0. The maximum Gasteiger partial charge on any atom is 0.251 e. The van der Waals surface area contributed by atoms with Gasteiger partial charge >= 0.3 is 0 Å². The van der Waals surface area contributed by atoms with E-state index in [0.717, 1.165) is 24.2 Å². The molecule has 5 heteroatoms. The summed E-state index contributed by atoms with van der Waals surface area (Å²) >= 11 is 3.97. The second kappa shape index (κ2) is 7.21. The molecule has 2 aliphatic rings. The third-order valence-corrected chi connectivity index (χ3v) is 7.53. The van der Waals surface area contributed by atoms with Crippen molar-refractivity contribution in [1.82, 2.24) is 10.6 Å². The Bertz CT molecular complexity index is 740. The van der Waals surface area contributed by atoms with Gasteiger partial charge in [-0.3, -0.25) is 4.79 Å². The van der Waals surface area contributed by atoms with Crippen molar-refractivity contribution in [2.24, 2.45) is 0 Å². The van der Waals surface area contributed by atoms with Crippen molar-refractivity contribution in [3.05, 3.63) is 70.3 Å². The molecule has 1 fully saturated rings. The van der Waals surface area contributed by atoms with E-state index < -0.39 is 0 Å². The van der Waals surface area contributed by atoms with Gasteiger partial charge in [-0.05, 0) is 34.4 Å². The van der Waals surface area contributed by atoms with Crippen LogP contribution in [0.5, 0.6) is 0 Å². The predicted molar refractivity (Wildman–Crippen MR) is 102 cm³/mol. The molecule has 2 heterocycles. The van der Waals surface area contributed by atoms with E-state index in [2.05, 4.69) is 41.0 Å². The number of rotatable bonds is 4. The van der Waals surface area contributed by atoms with Crippen LogP contribution in [0.3, 0.4) is 0 Å². The van der Waals surface area contributed by atoms with Gasteiger partial charge in [-0.15, -0.1) is 23.5 Å². The zero-order chi connectivity index (χ0) is 16.4. The molecule has 0 bridgehead atoms. The second-order valence-corrected chi connectivity index (χ2v) is 8.81. The molecule has 0 radical (unpaired) electrons. The highest BCUT2D eigenvalue weighted by molar-refractivity contribution is 8.19. The lowest BCUT2D eigenvalue weighted by Crippen LogP contribution is -2.22. The molecule has 0 aliphatic carbocycles. The standard InChI is InChI=1S/C19H20N2OS2/c22-18(14-3-5-15(6-4-14)19-23-7-8-24-19)21-10-13-1-2-16-11-20-12-17(16)9-13/h1-6,9,19-20H,7-8,10-12H2,(H,21,22). The molecular weight excluding hydrogens is 336 g/mol. The second-order valence-electron chi connectivity index (χ2n) is 6.08. The first-order chi connectivity index (χ1) is 11.8. The van der Waals surface area contributed by atoms with E-state index in [9.17, 15) is 4.79 Å². The van der Waals surface area contributed by atoms with Gasteiger partial charge in [-0.1, -0.05) is 30.3 Å². The Morgan fingerprint density at radius 2 is 1.79 bits per heavy atom. The van der Waals surface area contributed by atoms with Gasteiger partial charge in [-0.2, -0.15) is 0 Å². The van der Waals surface area contributed by atoms with Crippen molar-refractivity contribution >= 4 is 29.4 Å². The number of benzene rings is 2. The molecule has 2 aromatic carbocycles. The first kappa shape index (κ1) is 16.1. The van der Waals surface area contributed by atoms with Crippen LogP contribution >= 0.6 is 23.5 Å². The van der Waals surface area contributed by atoms with Crippen LogP contribution < -0.4 is 10.6 Å². The molecule has 0 unspecified atom stereocenters. The van der Waals surface area contributed by atoms with Crippen LogP contribution in [0.15, 0.2) is 42.5 Å². The van der Waals surface area contributed by atoms with Crippen LogP contribution in [-0.2, 0) is 19.6 Å². The van der Waals surface area contributed by atoms with Gasteiger partial charge in [0, 0.05) is 36.7 Å². The Hall–Kier alpha value is -1.43. The first-order valence-electron chi connectivity index (χ1n) is 8.22. The smallest absolute Gasteiger partial charge is 0.251 e. The van der Waals surface area contributed by atoms with E-state index in [-0.39, 0.29) is 5.91 Å². The minimum absolute atomic E-state index is 0.00750. The molecule has 1 saturated heterocycles. The van der Waals surface area contributed by atoms with Crippen molar-refractivity contribution in [1.29, 1.82) is 0 Å². The van der Waals surface area contributed by atoms with E-state index in [1.54, 1.807) is 0 Å². The molecule has 124 valence electrons. The summed E-state index contributed by atoms with van der Waals surface area (Å²) in [6, 6.07) is 14.5. The van der Waals surface area contributed by atoms with Crippen LogP contribution in [0.25, 0.3) is 0 Å². The highest BCUT2D eigenvalue weighted by Gasteiger charge is 2.18. The van der Waals surface area contributed by atoms with Crippen LogP contribution in [0.4, 0.5) is 0 Å². The molecule has 2 N–H and O–H groups in total. The van der Waals surface area contributed by atoms with Gasteiger partial charge < -0.3 is 10.6 Å². The van der Waals surface area contributed by atoms with Crippen molar-refractivity contribution in [3.63, 3.8) is 0 Å². The monoisotopic (exact) mass is 356 g/mol. The summed E-state index contributed by atoms with van der Waals surface area (Å²) in [5, 5.41) is 6.37. The van der Waals surface area contributed by atoms with E-state index >= 15 is 0 Å². The molecular formula is C19H20N2OS2. The van der Waals surface area contributed by atoms with Crippen molar-refractivity contribution in [3.8, 4) is 0 Å². The number of nitrogens with one attached hydrogen (secondary N) is 2. The van der Waals surface area contributed by atoms with Crippen LogP contribution in [0.2, 0.25) is 0 Å². The van der Waals surface area contributed by atoms with Gasteiger partial charge in [-0.25, -0.2) is 0 Å². The summed E-state index contributed by atoms with van der Waals surface area (Å²) in [5.74, 6) is 2.42. The van der Waals surface area contributed by atoms with E-state index in [1.165, 1.54) is 28.2 Å². The van der Waals surface area contributed by atoms with Crippen molar-refractivity contribution in [2.75, 3.05) is 11.5 Å². The average Bonchev–Trinajstić information content (AvgIpc) is 3.31. The largest absolute Gasteiger partial charge is 0.348 e. The fraction of sp³-hybridized carbons (Fsp3) is 0.316. The predicted octanol–water partition coefficient (Wildman–Crippen LogP) is 3.70. The summed E-state index contributed by atoms with van der Waals surface area (Å²) in [5.41, 5.74) is 5.90. The van der Waals surface area contributed by atoms with E-state index in [0.29, 0.717) is 11.1 Å². The Kier molecular flexibility index (Phi) is 4.83. The minimum atomic E-state index is -0.00750. The molecule has 4 rings (SSSR count). The van der Waals surface area contributed by atoms with Gasteiger partial charge in [0.2, 0.25) is 0 Å². The SMILES string of the molecule is O=C(NCc1ccc2c(c1)CNC2)c1ccc(C2SCCS2)cc1. The third-order valence-electron chi connectivity index (χ3n) is 4.42. The fourth-order valence-electron chi connectivity index (χ4n) is 3.08. The highest BCUT2D eigenvalue weighted by Crippen LogP contribution is 2.45. The number of hydrogen-bond acceptors (Lipinski definition) is 4. The van der Waals surface area contributed by atoms with E-state index in [1.807, 2.05) is 35.7 Å². The normalized spacial score (nSPS) is 17.0. The van der Waals surface area contributed by atoms with Crippen molar-refractivity contribution in [2.45, 2.75) is 24.2 Å².